The molecule has 6 heteroatoms. The standard InChI is InChI=1S/C12H27O4P.Ca.2H/c1-2-3-4-5-6-7-8-9-10-11-12-16-17(13,14)15;;;/h2-12H2,1H3,(H2,13,14,15);;;. The molecule has 0 saturated carbocycles. The van der Waals surface area contributed by atoms with E-state index in [2.05, 4.69) is 11.4 Å². The summed E-state index contributed by atoms with van der Waals surface area (Å²) in [5.41, 5.74) is 0. The van der Waals surface area contributed by atoms with Crippen molar-refractivity contribution in [3.05, 3.63) is 0 Å². The maximum atomic E-state index is 10.4. The Kier molecular flexibility index (Phi) is 17.8. The van der Waals surface area contributed by atoms with Gasteiger partial charge in [-0.1, -0.05) is 64.7 Å². The van der Waals surface area contributed by atoms with Gasteiger partial charge in [-0.25, -0.2) is 4.57 Å². The molecule has 0 aliphatic carbocycles. The molecule has 18 heavy (non-hydrogen) atoms. The second kappa shape index (κ2) is 14.8. The number of rotatable bonds is 12. The van der Waals surface area contributed by atoms with Crippen LogP contribution >= 0.6 is 7.82 Å². The Morgan fingerprint density at radius 1 is 0.833 bits per heavy atom. The third-order valence-corrected chi connectivity index (χ3v) is 3.28. The molecule has 0 aliphatic heterocycles. The monoisotopic (exact) mass is 308 g/mol. The average molecular weight is 308 g/mol. The predicted molar refractivity (Wildman–Crippen MR) is 78.4 cm³/mol. The van der Waals surface area contributed by atoms with Crippen molar-refractivity contribution in [3.63, 3.8) is 0 Å². The van der Waals surface area contributed by atoms with Gasteiger partial charge in [-0.05, 0) is 6.42 Å². The van der Waals surface area contributed by atoms with E-state index in [0.29, 0.717) is 0 Å². The molecule has 0 unspecified atom stereocenters. The first-order valence-corrected chi connectivity index (χ1v) is 8.29. The Balaban J connectivity index is 0. The van der Waals surface area contributed by atoms with Crippen molar-refractivity contribution in [1.82, 2.24) is 0 Å². The number of phosphoric ester groups is 1. The second-order valence-corrected chi connectivity index (χ2v) is 5.75. The summed E-state index contributed by atoms with van der Waals surface area (Å²) in [6.45, 7) is 2.39. The molecular weight excluding hydrogens is 279 g/mol. The van der Waals surface area contributed by atoms with Gasteiger partial charge in [0.25, 0.3) is 0 Å². The van der Waals surface area contributed by atoms with Crippen molar-refractivity contribution in [1.29, 1.82) is 0 Å². The van der Waals surface area contributed by atoms with Crippen molar-refractivity contribution in [2.45, 2.75) is 71.1 Å². The van der Waals surface area contributed by atoms with Crippen molar-refractivity contribution in [2.75, 3.05) is 6.61 Å². The predicted octanol–water partition coefficient (Wildman–Crippen LogP) is 3.10. The molecule has 0 aromatic rings. The Morgan fingerprint density at radius 3 is 1.61 bits per heavy atom. The molecule has 0 rings (SSSR count). The van der Waals surface area contributed by atoms with E-state index in [1.54, 1.807) is 0 Å². The van der Waals surface area contributed by atoms with Crippen LogP contribution < -0.4 is 0 Å². The van der Waals surface area contributed by atoms with Gasteiger partial charge < -0.3 is 9.79 Å². The van der Waals surface area contributed by atoms with Crippen LogP contribution in [-0.4, -0.2) is 54.1 Å². The van der Waals surface area contributed by atoms with Gasteiger partial charge in [-0.15, -0.1) is 0 Å². The summed E-state index contributed by atoms with van der Waals surface area (Å²) in [6, 6.07) is 0. The molecule has 0 aromatic heterocycles. The summed E-state index contributed by atoms with van der Waals surface area (Å²) in [6.07, 6.45) is 12.0. The Labute approximate surface area is 141 Å². The van der Waals surface area contributed by atoms with Gasteiger partial charge in [0.15, 0.2) is 0 Å². The first kappa shape index (κ1) is 21.7. The zero-order valence-electron chi connectivity index (χ0n) is 10.9. The molecule has 0 spiro atoms. The number of hydrogen-bond donors (Lipinski definition) is 2. The molecule has 0 atom stereocenters. The van der Waals surface area contributed by atoms with Crippen LogP contribution in [0.1, 0.15) is 71.1 Å². The second-order valence-electron chi connectivity index (χ2n) is 4.51. The summed E-state index contributed by atoms with van der Waals surface area (Å²) >= 11 is 0. The maximum absolute atomic E-state index is 10.4. The summed E-state index contributed by atoms with van der Waals surface area (Å²) in [5.74, 6) is 0. The van der Waals surface area contributed by atoms with Crippen molar-refractivity contribution in [2.24, 2.45) is 0 Å². The molecule has 0 radical (unpaired) electrons. The number of unbranched alkanes of at least 4 members (excludes halogenated alkanes) is 9. The third-order valence-electron chi connectivity index (χ3n) is 2.76. The molecule has 0 aliphatic rings. The molecule has 0 saturated heterocycles. The van der Waals surface area contributed by atoms with Gasteiger partial charge in [-0.2, -0.15) is 0 Å². The minimum absolute atomic E-state index is 0. The van der Waals surface area contributed by atoms with E-state index >= 15 is 0 Å². The Morgan fingerprint density at radius 2 is 1.22 bits per heavy atom. The fourth-order valence-corrected chi connectivity index (χ4v) is 2.14. The van der Waals surface area contributed by atoms with E-state index in [1.165, 1.54) is 44.9 Å². The van der Waals surface area contributed by atoms with E-state index < -0.39 is 7.82 Å². The molecule has 108 valence electrons. The summed E-state index contributed by atoms with van der Waals surface area (Å²) in [5, 5.41) is 0. The summed E-state index contributed by atoms with van der Waals surface area (Å²) < 4.78 is 14.7. The number of hydrogen-bond acceptors (Lipinski definition) is 2. The van der Waals surface area contributed by atoms with Gasteiger partial charge in [-0.3, -0.25) is 4.52 Å². The molecule has 0 aromatic carbocycles. The van der Waals surface area contributed by atoms with Crippen LogP contribution in [0.4, 0.5) is 0 Å². The van der Waals surface area contributed by atoms with Crippen LogP contribution in [0.3, 0.4) is 0 Å². The quantitative estimate of drug-likeness (QED) is 0.330. The summed E-state index contributed by atoms with van der Waals surface area (Å²) in [4.78, 5) is 16.9. The van der Waals surface area contributed by atoms with E-state index in [0.717, 1.165) is 19.3 Å². The zero-order valence-corrected chi connectivity index (χ0v) is 11.8. The number of phosphoric acid groups is 1. The van der Waals surface area contributed by atoms with Crippen molar-refractivity contribution < 1.29 is 18.9 Å². The molecule has 0 bridgehead atoms. The van der Waals surface area contributed by atoms with E-state index in [1.807, 2.05) is 0 Å². The van der Waals surface area contributed by atoms with Crippen LogP contribution in [0.15, 0.2) is 0 Å². The normalized spacial score (nSPS) is 11.3. The first-order chi connectivity index (χ1) is 8.06. The SMILES string of the molecule is CCCCCCCCCCCCOP(=O)(O)O.[CaH2]. The molecule has 4 nitrogen and oxygen atoms in total. The Bertz CT molecular complexity index is 208. The van der Waals surface area contributed by atoms with Gasteiger partial charge in [0.1, 0.15) is 0 Å². The van der Waals surface area contributed by atoms with Crippen molar-refractivity contribution >= 4 is 45.6 Å². The van der Waals surface area contributed by atoms with Crippen LogP contribution in [0.2, 0.25) is 0 Å². The Hall–Kier alpha value is 1.37. The van der Waals surface area contributed by atoms with E-state index in [-0.39, 0.29) is 44.3 Å². The van der Waals surface area contributed by atoms with E-state index in [9.17, 15) is 4.57 Å². The third kappa shape index (κ3) is 19.7. The average Bonchev–Trinajstić information content (AvgIpc) is 2.24. The van der Waals surface area contributed by atoms with E-state index in [4.69, 9.17) is 9.79 Å². The van der Waals surface area contributed by atoms with Crippen LogP contribution in [-0.2, 0) is 9.09 Å². The zero-order chi connectivity index (χ0) is 13.0. The fraction of sp³-hybridized carbons (Fsp3) is 1.00. The van der Waals surface area contributed by atoms with Crippen LogP contribution in [0.5, 0.6) is 0 Å². The van der Waals surface area contributed by atoms with Gasteiger partial charge in [0, 0.05) is 0 Å². The molecule has 0 heterocycles. The molecule has 0 amide bonds. The van der Waals surface area contributed by atoms with Crippen LogP contribution in [0, 0.1) is 0 Å². The molecule has 0 fully saturated rings. The molecule has 2 N–H and O–H groups in total. The summed E-state index contributed by atoms with van der Waals surface area (Å²) in [7, 11) is -4.24. The first-order valence-electron chi connectivity index (χ1n) is 6.76. The topological polar surface area (TPSA) is 66.8 Å². The van der Waals surface area contributed by atoms with Gasteiger partial charge >= 0.3 is 45.6 Å². The molecular formula is C12H29CaO4P. The van der Waals surface area contributed by atoms with Crippen molar-refractivity contribution in [3.8, 4) is 0 Å². The van der Waals surface area contributed by atoms with Crippen LogP contribution in [0.25, 0.3) is 0 Å². The minimum atomic E-state index is -4.24. The van der Waals surface area contributed by atoms with Gasteiger partial charge in [0.05, 0.1) is 6.61 Å². The van der Waals surface area contributed by atoms with Gasteiger partial charge in [0.2, 0.25) is 0 Å². The fourth-order valence-electron chi connectivity index (χ4n) is 1.77.